The predicted octanol–water partition coefficient (Wildman–Crippen LogP) is 4.65. The number of nitrogens with zero attached hydrogens (tertiary/aromatic N) is 1. The summed E-state index contributed by atoms with van der Waals surface area (Å²) in [4.78, 5) is 34.6. The maximum Gasteiger partial charge on any atom is 0.411 e. The Morgan fingerprint density at radius 3 is 2.30 bits per heavy atom. The van der Waals surface area contributed by atoms with Crippen LogP contribution in [0.4, 0.5) is 16.2 Å². The summed E-state index contributed by atoms with van der Waals surface area (Å²) in [6.45, 7) is 9.35. The van der Waals surface area contributed by atoms with Crippen LogP contribution in [0.15, 0.2) is 36.4 Å². The lowest BCUT2D eigenvalue weighted by Gasteiger charge is -2.39. The summed E-state index contributed by atoms with van der Waals surface area (Å²) in [6, 6.07) is 8.65. The maximum atomic E-state index is 12.2. The first-order chi connectivity index (χ1) is 15.2. The lowest BCUT2D eigenvalue weighted by Crippen LogP contribution is -2.42. The Kier molecular flexibility index (Phi) is 7.53. The van der Waals surface area contributed by atoms with Crippen molar-refractivity contribution in [3.05, 3.63) is 57.6 Å². The van der Waals surface area contributed by atoms with Gasteiger partial charge in [-0.1, -0.05) is 26.8 Å². The van der Waals surface area contributed by atoms with Gasteiger partial charge in [0.1, 0.15) is 12.2 Å². The zero-order valence-electron chi connectivity index (χ0n) is 19.6. The van der Waals surface area contributed by atoms with Gasteiger partial charge in [0.05, 0.1) is 23.7 Å². The molecule has 0 spiro atoms. The zero-order chi connectivity index (χ0) is 25.0. The van der Waals surface area contributed by atoms with E-state index in [-0.39, 0.29) is 39.4 Å². The number of nitro groups is 1. The first kappa shape index (κ1) is 25.4. The summed E-state index contributed by atoms with van der Waals surface area (Å²) in [6.07, 6.45) is -0.862. The second-order valence-corrected chi connectivity index (χ2v) is 8.90. The third-order valence-corrected chi connectivity index (χ3v) is 5.49. The Bertz CT molecular complexity index is 1060. The number of carbonyl (C=O) groups is 2. The first-order valence-electron chi connectivity index (χ1n) is 10.1. The van der Waals surface area contributed by atoms with Crippen molar-refractivity contribution < 1.29 is 28.7 Å². The van der Waals surface area contributed by atoms with E-state index < -0.39 is 29.1 Å². The van der Waals surface area contributed by atoms with Gasteiger partial charge in [0, 0.05) is 16.7 Å². The van der Waals surface area contributed by atoms with Gasteiger partial charge in [-0.25, -0.2) is 4.79 Å². The van der Waals surface area contributed by atoms with Crippen molar-refractivity contribution in [3.63, 3.8) is 0 Å². The van der Waals surface area contributed by atoms with Crippen LogP contribution in [0.25, 0.3) is 0 Å². The Morgan fingerprint density at radius 2 is 1.76 bits per heavy atom. The average molecular weight is 459 g/mol. The summed E-state index contributed by atoms with van der Waals surface area (Å²) in [7, 11) is 1.42. The molecule has 0 aliphatic rings. The van der Waals surface area contributed by atoms with Crippen molar-refractivity contribution in [1.82, 2.24) is 0 Å². The van der Waals surface area contributed by atoms with E-state index in [0.29, 0.717) is 0 Å². The van der Waals surface area contributed by atoms with Crippen molar-refractivity contribution in [1.29, 1.82) is 0 Å². The number of hydrogen-bond acceptors (Lipinski definition) is 7. The van der Waals surface area contributed by atoms with Gasteiger partial charge in [-0.3, -0.25) is 20.2 Å². The molecule has 0 unspecified atom stereocenters. The van der Waals surface area contributed by atoms with Gasteiger partial charge in [0.2, 0.25) is 5.91 Å². The van der Waals surface area contributed by atoms with Crippen molar-refractivity contribution in [2.24, 2.45) is 11.1 Å². The van der Waals surface area contributed by atoms with E-state index in [1.807, 2.05) is 34.6 Å². The van der Waals surface area contributed by atoms with E-state index in [4.69, 9.17) is 19.9 Å². The number of rotatable bonds is 8. The monoisotopic (exact) mass is 459 g/mol. The van der Waals surface area contributed by atoms with Crippen molar-refractivity contribution in [3.8, 4) is 11.5 Å². The number of nitro benzene ring substituents is 1. The normalized spacial score (nSPS) is 11.5. The summed E-state index contributed by atoms with van der Waals surface area (Å²) in [5.74, 6) is -0.168. The SMILES string of the molecule is COc1cc(COC(=O)Nc2cccc(C(N)=O)c2)c([N+](=O)[O-])cc1OC(C)(C)C(C)(C)C. The lowest BCUT2D eigenvalue weighted by molar-refractivity contribution is -0.386. The van der Waals surface area contributed by atoms with Gasteiger partial charge in [-0.05, 0) is 38.1 Å². The topological polar surface area (TPSA) is 143 Å². The molecule has 3 N–H and O–H groups in total. The largest absolute Gasteiger partial charge is 0.493 e. The molecule has 0 atom stereocenters. The molecule has 2 aromatic carbocycles. The van der Waals surface area contributed by atoms with Crippen LogP contribution < -0.4 is 20.5 Å². The highest BCUT2D eigenvalue weighted by Gasteiger charge is 2.36. The molecule has 0 heterocycles. The molecule has 178 valence electrons. The molecule has 33 heavy (non-hydrogen) atoms. The van der Waals surface area contributed by atoms with Gasteiger partial charge < -0.3 is 19.9 Å². The molecule has 0 aliphatic carbocycles. The minimum absolute atomic E-state index is 0.124. The smallest absolute Gasteiger partial charge is 0.411 e. The van der Waals surface area contributed by atoms with Crippen LogP contribution in [0, 0.1) is 15.5 Å². The number of ether oxygens (including phenoxy) is 3. The van der Waals surface area contributed by atoms with Crippen LogP contribution in [0.1, 0.15) is 50.5 Å². The van der Waals surface area contributed by atoms with Crippen LogP contribution in [0.3, 0.4) is 0 Å². The fraction of sp³-hybridized carbons (Fsp3) is 0.391. The molecule has 2 amide bonds. The molecule has 10 heteroatoms. The number of nitrogens with one attached hydrogen (secondary N) is 1. The van der Waals surface area contributed by atoms with E-state index in [1.165, 1.54) is 31.4 Å². The van der Waals surface area contributed by atoms with Gasteiger partial charge in [0.15, 0.2) is 11.5 Å². The fourth-order valence-corrected chi connectivity index (χ4v) is 2.59. The van der Waals surface area contributed by atoms with E-state index in [1.54, 1.807) is 12.1 Å². The molecule has 2 rings (SSSR count). The molecule has 0 aliphatic heterocycles. The van der Waals surface area contributed by atoms with Crippen molar-refractivity contribution in [2.45, 2.75) is 46.8 Å². The number of primary amides is 1. The fourth-order valence-electron chi connectivity index (χ4n) is 2.59. The van der Waals surface area contributed by atoms with Gasteiger partial charge in [0.25, 0.3) is 5.69 Å². The maximum absolute atomic E-state index is 12.2. The van der Waals surface area contributed by atoms with E-state index in [9.17, 15) is 19.7 Å². The number of nitrogens with two attached hydrogens (primary N) is 1. The zero-order valence-corrected chi connectivity index (χ0v) is 19.6. The predicted molar refractivity (Wildman–Crippen MR) is 123 cm³/mol. The Hall–Kier alpha value is -3.82. The third-order valence-electron chi connectivity index (χ3n) is 5.49. The highest BCUT2D eigenvalue weighted by molar-refractivity contribution is 5.95. The molecule has 0 fully saturated rings. The number of methoxy groups -OCH3 is 1. The molecule has 10 nitrogen and oxygen atoms in total. The highest BCUT2D eigenvalue weighted by Crippen LogP contribution is 2.41. The van der Waals surface area contributed by atoms with E-state index >= 15 is 0 Å². The summed E-state index contributed by atoms with van der Waals surface area (Å²) in [5.41, 5.74) is 4.64. The minimum atomic E-state index is -0.862. The van der Waals surface area contributed by atoms with Crippen LogP contribution in [0.2, 0.25) is 0 Å². The Labute approximate surface area is 192 Å². The Morgan fingerprint density at radius 1 is 1.09 bits per heavy atom. The molecule has 0 bridgehead atoms. The van der Waals surface area contributed by atoms with Gasteiger partial charge in [-0.15, -0.1) is 0 Å². The van der Waals surface area contributed by atoms with Crippen LogP contribution in [-0.4, -0.2) is 29.6 Å². The number of benzene rings is 2. The molecule has 0 aromatic heterocycles. The Balaban J connectivity index is 2.24. The molecule has 2 aromatic rings. The average Bonchev–Trinajstić information content (AvgIpc) is 2.71. The van der Waals surface area contributed by atoms with Crippen LogP contribution >= 0.6 is 0 Å². The molecule has 0 saturated carbocycles. The second kappa shape index (κ2) is 9.76. The van der Waals surface area contributed by atoms with Crippen LogP contribution in [0.5, 0.6) is 11.5 Å². The highest BCUT2D eigenvalue weighted by atomic mass is 16.6. The molecule has 0 saturated heterocycles. The van der Waals surface area contributed by atoms with E-state index in [0.717, 1.165) is 0 Å². The second-order valence-electron chi connectivity index (χ2n) is 8.90. The summed E-state index contributed by atoms with van der Waals surface area (Å²) < 4.78 is 16.6. The summed E-state index contributed by atoms with van der Waals surface area (Å²) >= 11 is 0. The quantitative estimate of drug-likeness (QED) is 0.432. The lowest BCUT2D eigenvalue weighted by atomic mass is 9.79. The van der Waals surface area contributed by atoms with Gasteiger partial charge >= 0.3 is 6.09 Å². The third kappa shape index (κ3) is 6.34. The number of carbonyl (C=O) groups excluding carboxylic acids is 2. The number of anilines is 1. The minimum Gasteiger partial charge on any atom is -0.493 e. The molecular formula is C23H29N3O7. The molecular weight excluding hydrogens is 430 g/mol. The first-order valence-corrected chi connectivity index (χ1v) is 10.1. The van der Waals surface area contributed by atoms with Crippen LogP contribution in [-0.2, 0) is 11.3 Å². The molecule has 0 radical (unpaired) electrons. The number of hydrogen-bond donors (Lipinski definition) is 2. The summed E-state index contributed by atoms with van der Waals surface area (Å²) in [5, 5.41) is 14.1. The van der Waals surface area contributed by atoms with Gasteiger partial charge in [-0.2, -0.15) is 0 Å². The van der Waals surface area contributed by atoms with Crippen molar-refractivity contribution >= 4 is 23.4 Å². The van der Waals surface area contributed by atoms with Crippen molar-refractivity contribution in [2.75, 3.05) is 12.4 Å². The standard InChI is InChI=1S/C23H29N3O7/c1-22(2,3)23(4,5)33-19-12-17(26(29)30)15(11-18(19)31-6)13-32-21(28)25-16-9-7-8-14(10-16)20(24)27/h7-12H,13H2,1-6H3,(H2,24,27)(H,25,28). The number of amides is 2. The van der Waals surface area contributed by atoms with E-state index in [2.05, 4.69) is 5.32 Å².